The molecule has 0 amide bonds. The van der Waals surface area contributed by atoms with E-state index in [0.29, 0.717) is 6.54 Å². The average Bonchev–Trinajstić information content (AvgIpc) is 2.22. The summed E-state index contributed by atoms with van der Waals surface area (Å²) < 4.78 is 0.977. The van der Waals surface area contributed by atoms with Gasteiger partial charge in [-0.3, -0.25) is 0 Å². The Labute approximate surface area is 104 Å². The second-order valence-electron chi connectivity index (χ2n) is 3.40. The standard InChI is InChI=1S/C11H15BrClNO/c1-2-10(7-15)14-6-8-3-4-9(12)5-11(8)13/h3-5,10,14-15H,2,6-7H2,1H3. The summed E-state index contributed by atoms with van der Waals surface area (Å²) in [6, 6.07) is 5.95. The van der Waals surface area contributed by atoms with Crippen molar-refractivity contribution in [3.8, 4) is 0 Å². The van der Waals surface area contributed by atoms with Crippen LogP contribution in [-0.4, -0.2) is 17.8 Å². The lowest BCUT2D eigenvalue weighted by Gasteiger charge is -2.14. The van der Waals surface area contributed by atoms with Crippen LogP contribution in [0, 0.1) is 0 Å². The topological polar surface area (TPSA) is 32.3 Å². The molecule has 1 rings (SSSR count). The number of rotatable bonds is 5. The lowest BCUT2D eigenvalue weighted by Crippen LogP contribution is -2.31. The molecule has 2 nitrogen and oxygen atoms in total. The second kappa shape index (κ2) is 6.48. The van der Waals surface area contributed by atoms with Gasteiger partial charge >= 0.3 is 0 Å². The van der Waals surface area contributed by atoms with Crippen LogP contribution in [-0.2, 0) is 6.54 Å². The van der Waals surface area contributed by atoms with Crippen molar-refractivity contribution in [3.63, 3.8) is 0 Å². The SMILES string of the molecule is CCC(CO)NCc1ccc(Br)cc1Cl. The van der Waals surface area contributed by atoms with E-state index in [1.807, 2.05) is 25.1 Å². The normalized spacial score (nSPS) is 12.8. The summed E-state index contributed by atoms with van der Waals surface area (Å²) in [4.78, 5) is 0. The minimum atomic E-state index is 0.143. The van der Waals surface area contributed by atoms with Crippen LogP contribution in [0.3, 0.4) is 0 Å². The van der Waals surface area contributed by atoms with E-state index in [1.165, 1.54) is 0 Å². The second-order valence-corrected chi connectivity index (χ2v) is 4.73. The summed E-state index contributed by atoms with van der Waals surface area (Å²) in [6.07, 6.45) is 0.907. The van der Waals surface area contributed by atoms with Crippen LogP contribution in [0.4, 0.5) is 0 Å². The Morgan fingerprint density at radius 3 is 2.80 bits per heavy atom. The van der Waals surface area contributed by atoms with E-state index in [1.54, 1.807) is 0 Å². The summed E-state index contributed by atoms with van der Waals surface area (Å²) in [5, 5.41) is 13.0. The van der Waals surface area contributed by atoms with E-state index < -0.39 is 0 Å². The molecule has 0 aliphatic heterocycles. The quantitative estimate of drug-likeness (QED) is 0.874. The first-order valence-corrected chi connectivity index (χ1v) is 6.12. The maximum Gasteiger partial charge on any atom is 0.0584 e. The predicted molar refractivity (Wildman–Crippen MR) is 67.2 cm³/mol. The molecule has 0 saturated carbocycles. The molecule has 0 aliphatic rings. The fraction of sp³-hybridized carbons (Fsp3) is 0.455. The summed E-state index contributed by atoms with van der Waals surface area (Å²) in [6.45, 7) is 2.88. The van der Waals surface area contributed by atoms with Crippen LogP contribution in [0.1, 0.15) is 18.9 Å². The van der Waals surface area contributed by atoms with E-state index in [2.05, 4.69) is 21.2 Å². The van der Waals surface area contributed by atoms with Gasteiger partial charge in [0.1, 0.15) is 0 Å². The molecular formula is C11H15BrClNO. The van der Waals surface area contributed by atoms with Crippen LogP contribution in [0.2, 0.25) is 5.02 Å². The zero-order valence-electron chi connectivity index (χ0n) is 8.63. The number of benzene rings is 1. The Hall–Kier alpha value is -0.0900. The van der Waals surface area contributed by atoms with Crippen molar-refractivity contribution in [2.24, 2.45) is 0 Å². The van der Waals surface area contributed by atoms with E-state index >= 15 is 0 Å². The Balaban J connectivity index is 2.57. The Morgan fingerprint density at radius 2 is 2.27 bits per heavy atom. The molecule has 1 aromatic rings. The molecule has 0 heterocycles. The van der Waals surface area contributed by atoms with Crippen molar-refractivity contribution in [2.75, 3.05) is 6.61 Å². The lowest BCUT2D eigenvalue weighted by atomic mass is 10.2. The summed E-state index contributed by atoms with van der Waals surface area (Å²) in [5.41, 5.74) is 1.05. The van der Waals surface area contributed by atoms with Crippen LogP contribution in [0.5, 0.6) is 0 Å². The first-order chi connectivity index (χ1) is 7.17. The minimum Gasteiger partial charge on any atom is -0.395 e. The van der Waals surface area contributed by atoms with Gasteiger partial charge < -0.3 is 10.4 Å². The summed E-state index contributed by atoms with van der Waals surface area (Å²) >= 11 is 9.43. The lowest BCUT2D eigenvalue weighted by molar-refractivity contribution is 0.238. The van der Waals surface area contributed by atoms with Gasteiger partial charge in [0, 0.05) is 22.1 Å². The third-order valence-corrected chi connectivity index (χ3v) is 3.15. The molecule has 0 spiro atoms. The fourth-order valence-corrected chi connectivity index (χ4v) is 2.00. The molecule has 1 atom stereocenters. The molecule has 0 radical (unpaired) electrons. The number of aliphatic hydroxyl groups excluding tert-OH is 1. The largest absolute Gasteiger partial charge is 0.395 e. The number of aliphatic hydroxyl groups is 1. The van der Waals surface area contributed by atoms with Gasteiger partial charge in [-0.2, -0.15) is 0 Å². The molecular weight excluding hydrogens is 277 g/mol. The van der Waals surface area contributed by atoms with Crippen molar-refractivity contribution in [3.05, 3.63) is 33.3 Å². The highest BCUT2D eigenvalue weighted by Gasteiger charge is 2.05. The molecule has 0 bridgehead atoms. The highest BCUT2D eigenvalue weighted by Crippen LogP contribution is 2.21. The van der Waals surface area contributed by atoms with Crippen LogP contribution in [0.15, 0.2) is 22.7 Å². The predicted octanol–water partition coefficient (Wildman–Crippen LogP) is 2.96. The van der Waals surface area contributed by atoms with Gasteiger partial charge in [0.2, 0.25) is 0 Å². The third-order valence-electron chi connectivity index (χ3n) is 2.31. The molecule has 1 aromatic carbocycles. The first kappa shape index (κ1) is 13.0. The molecule has 4 heteroatoms. The van der Waals surface area contributed by atoms with Gasteiger partial charge in [0.25, 0.3) is 0 Å². The number of hydrogen-bond acceptors (Lipinski definition) is 2. The zero-order valence-corrected chi connectivity index (χ0v) is 11.0. The maximum absolute atomic E-state index is 9.01. The highest BCUT2D eigenvalue weighted by molar-refractivity contribution is 9.10. The monoisotopic (exact) mass is 291 g/mol. The molecule has 15 heavy (non-hydrogen) atoms. The Bertz CT molecular complexity index is 315. The van der Waals surface area contributed by atoms with Crippen molar-refractivity contribution < 1.29 is 5.11 Å². The number of nitrogens with one attached hydrogen (secondary N) is 1. The molecule has 2 N–H and O–H groups in total. The smallest absolute Gasteiger partial charge is 0.0584 e. The zero-order chi connectivity index (χ0) is 11.3. The van der Waals surface area contributed by atoms with Crippen LogP contribution < -0.4 is 5.32 Å². The molecule has 0 fully saturated rings. The Morgan fingerprint density at radius 1 is 1.53 bits per heavy atom. The summed E-state index contributed by atoms with van der Waals surface area (Å²) in [7, 11) is 0. The van der Waals surface area contributed by atoms with Crippen molar-refractivity contribution in [2.45, 2.75) is 25.9 Å². The maximum atomic E-state index is 9.01. The van der Waals surface area contributed by atoms with Gasteiger partial charge in [-0.25, -0.2) is 0 Å². The van der Waals surface area contributed by atoms with Crippen molar-refractivity contribution in [1.29, 1.82) is 0 Å². The van der Waals surface area contributed by atoms with Crippen LogP contribution in [0.25, 0.3) is 0 Å². The summed E-state index contributed by atoms with van der Waals surface area (Å²) in [5.74, 6) is 0. The van der Waals surface area contributed by atoms with Crippen molar-refractivity contribution in [1.82, 2.24) is 5.32 Å². The highest BCUT2D eigenvalue weighted by atomic mass is 79.9. The molecule has 0 aromatic heterocycles. The molecule has 0 aliphatic carbocycles. The van der Waals surface area contributed by atoms with Gasteiger partial charge in [-0.05, 0) is 24.1 Å². The van der Waals surface area contributed by atoms with Crippen molar-refractivity contribution >= 4 is 27.5 Å². The minimum absolute atomic E-state index is 0.143. The average molecular weight is 293 g/mol. The first-order valence-electron chi connectivity index (χ1n) is 4.95. The molecule has 84 valence electrons. The van der Waals surface area contributed by atoms with Gasteiger partial charge in [-0.15, -0.1) is 0 Å². The molecule has 0 saturated heterocycles. The van der Waals surface area contributed by atoms with E-state index in [0.717, 1.165) is 21.5 Å². The third kappa shape index (κ3) is 4.11. The Kier molecular flexibility index (Phi) is 5.61. The molecule has 1 unspecified atom stereocenters. The van der Waals surface area contributed by atoms with Gasteiger partial charge in [-0.1, -0.05) is 40.5 Å². The number of halogens is 2. The van der Waals surface area contributed by atoms with E-state index in [4.69, 9.17) is 16.7 Å². The van der Waals surface area contributed by atoms with E-state index in [-0.39, 0.29) is 12.6 Å². The number of hydrogen-bond donors (Lipinski definition) is 2. The fourth-order valence-electron chi connectivity index (χ4n) is 1.26. The van der Waals surface area contributed by atoms with Gasteiger partial charge in [0.15, 0.2) is 0 Å². The van der Waals surface area contributed by atoms with Gasteiger partial charge in [0.05, 0.1) is 6.61 Å². The van der Waals surface area contributed by atoms with E-state index in [9.17, 15) is 0 Å². The van der Waals surface area contributed by atoms with Crippen LogP contribution >= 0.6 is 27.5 Å².